The van der Waals surface area contributed by atoms with Gasteiger partial charge in [-0.25, -0.2) is 0 Å². The minimum absolute atomic E-state index is 0.0433. The molecule has 2 atom stereocenters. The summed E-state index contributed by atoms with van der Waals surface area (Å²) in [4.78, 5) is 0. The highest BCUT2D eigenvalue weighted by molar-refractivity contribution is 5.50. The fourth-order valence-corrected chi connectivity index (χ4v) is 3.27. The van der Waals surface area contributed by atoms with E-state index in [1.165, 1.54) is 18.4 Å². The van der Waals surface area contributed by atoms with Crippen LogP contribution in [0.2, 0.25) is 0 Å². The fraction of sp³-hybridized carbons (Fsp3) is 0.727. The lowest BCUT2D eigenvalue weighted by Crippen LogP contribution is -2.19. The minimum Gasteiger partial charge on any atom is -0.507 e. The quantitative estimate of drug-likeness (QED) is 0.648. The molecule has 132 valence electrons. The van der Waals surface area contributed by atoms with E-state index in [0.717, 1.165) is 23.5 Å². The van der Waals surface area contributed by atoms with Crippen molar-refractivity contribution >= 4 is 0 Å². The zero-order chi connectivity index (χ0) is 18.0. The molecular formula is C22H38O. The van der Waals surface area contributed by atoms with Crippen molar-refractivity contribution in [2.75, 3.05) is 0 Å². The molecule has 0 fully saturated rings. The zero-order valence-corrected chi connectivity index (χ0v) is 16.9. The van der Waals surface area contributed by atoms with E-state index >= 15 is 0 Å². The van der Waals surface area contributed by atoms with Gasteiger partial charge in [0.05, 0.1) is 0 Å². The molecule has 0 amide bonds. The van der Waals surface area contributed by atoms with Crippen molar-refractivity contribution < 1.29 is 5.11 Å². The largest absolute Gasteiger partial charge is 0.507 e. The Morgan fingerprint density at radius 3 is 1.65 bits per heavy atom. The van der Waals surface area contributed by atoms with Crippen molar-refractivity contribution in [3.63, 3.8) is 0 Å². The molecule has 0 bridgehead atoms. The summed E-state index contributed by atoms with van der Waals surface area (Å²) in [5.41, 5.74) is 3.44. The van der Waals surface area contributed by atoms with Crippen LogP contribution in [0.4, 0.5) is 0 Å². The smallest absolute Gasteiger partial charge is 0.123 e. The number of phenols is 1. The first-order valence-electron chi connectivity index (χ1n) is 9.24. The molecule has 1 aromatic rings. The summed E-state index contributed by atoms with van der Waals surface area (Å²) in [6.45, 7) is 20.1. The van der Waals surface area contributed by atoms with E-state index in [9.17, 15) is 5.11 Å². The molecule has 0 spiro atoms. The number of benzene rings is 1. The van der Waals surface area contributed by atoms with Gasteiger partial charge in [-0.05, 0) is 45.8 Å². The lowest BCUT2D eigenvalue weighted by molar-refractivity contribution is 0.358. The molecule has 23 heavy (non-hydrogen) atoms. The first-order chi connectivity index (χ1) is 10.4. The van der Waals surface area contributed by atoms with Gasteiger partial charge in [-0.15, -0.1) is 0 Å². The second-order valence-electron chi connectivity index (χ2n) is 9.49. The highest BCUT2D eigenvalue weighted by Gasteiger charge is 2.27. The van der Waals surface area contributed by atoms with Crippen LogP contribution in [-0.4, -0.2) is 5.11 Å². The first kappa shape index (κ1) is 20.1. The maximum Gasteiger partial charge on any atom is 0.123 e. The van der Waals surface area contributed by atoms with Gasteiger partial charge in [0.2, 0.25) is 0 Å². The van der Waals surface area contributed by atoms with E-state index in [0.29, 0.717) is 11.7 Å². The van der Waals surface area contributed by atoms with Gasteiger partial charge in [0, 0.05) is 0 Å². The Bertz CT molecular complexity index is 479. The highest BCUT2D eigenvalue weighted by Crippen LogP contribution is 2.40. The maximum atomic E-state index is 10.8. The highest BCUT2D eigenvalue weighted by atomic mass is 16.3. The Morgan fingerprint density at radius 1 is 0.870 bits per heavy atom. The van der Waals surface area contributed by atoms with E-state index < -0.39 is 0 Å². The molecule has 0 aliphatic rings. The summed E-state index contributed by atoms with van der Waals surface area (Å²) in [6, 6.07) is 4.47. The molecule has 0 aromatic heterocycles. The number of hydrogen-bond donors (Lipinski definition) is 1. The summed E-state index contributed by atoms with van der Waals surface area (Å²) in [5.74, 6) is 1.90. The molecule has 0 heterocycles. The van der Waals surface area contributed by atoms with Crippen molar-refractivity contribution in [2.45, 2.75) is 92.4 Å². The standard InChI is InChI=1S/C22H38O/c1-10-11-15(2)16(3)12-17-13-18(21(4,5)6)20(23)19(14-17)22(7,8)9/h13-16,23H,10-12H2,1-9H3. The average molecular weight is 319 g/mol. The van der Waals surface area contributed by atoms with Crippen LogP contribution in [-0.2, 0) is 17.3 Å². The van der Waals surface area contributed by atoms with Gasteiger partial charge in [0.15, 0.2) is 0 Å². The number of rotatable bonds is 5. The van der Waals surface area contributed by atoms with Gasteiger partial charge < -0.3 is 5.11 Å². The van der Waals surface area contributed by atoms with E-state index in [1.807, 2.05) is 0 Å². The van der Waals surface area contributed by atoms with Crippen LogP contribution in [0, 0.1) is 11.8 Å². The van der Waals surface area contributed by atoms with Crippen molar-refractivity contribution in [3.8, 4) is 5.75 Å². The summed E-state index contributed by atoms with van der Waals surface area (Å²) in [7, 11) is 0. The van der Waals surface area contributed by atoms with Crippen molar-refractivity contribution in [3.05, 3.63) is 28.8 Å². The lowest BCUT2D eigenvalue weighted by atomic mass is 9.77. The minimum atomic E-state index is -0.0433. The molecule has 1 heteroatoms. The van der Waals surface area contributed by atoms with Crippen molar-refractivity contribution in [1.82, 2.24) is 0 Å². The van der Waals surface area contributed by atoms with Crippen LogP contribution in [0.15, 0.2) is 12.1 Å². The zero-order valence-electron chi connectivity index (χ0n) is 16.9. The summed E-state index contributed by atoms with van der Waals surface area (Å²) >= 11 is 0. The predicted octanol–water partition coefficient (Wildman–Crippen LogP) is 6.60. The van der Waals surface area contributed by atoms with Gasteiger partial charge in [0.25, 0.3) is 0 Å². The average Bonchev–Trinajstić information content (AvgIpc) is 2.38. The summed E-state index contributed by atoms with van der Waals surface area (Å²) < 4.78 is 0. The Kier molecular flexibility index (Phi) is 6.35. The molecule has 0 aliphatic carbocycles. The Labute approximate surface area is 144 Å². The van der Waals surface area contributed by atoms with Crippen molar-refractivity contribution in [1.29, 1.82) is 0 Å². The predicted molar refractivity (Wildman–Crippen MR) is 102 cm³/mol. The van der Waals surface area contributed by atoms with Crippen LogP contribution in [0.1, 0.15) is 91.8 Å². The normalized spacial score (nSPS) is 15.5. The molecule has 0 aliphatic heterocycles. The van der Waals surface area contributed by atoms with Gasteiger partial charge in [-0.3, -0.25) is 0 Å². The fourth-order valence-electron chi connectivity index (χ4n) is 3.27. The van der Waals surface area contributed by atoms with Crippen LogP contribution < -0.4 is 0 Å². The van der Waals surface area contributed by atoms with Gasteiger partial charge >= 0.3 is 0 Å². The van der Waals surface area contributed by atoms with E-state index in [1.54, 1.807) is 0 Å². The molecule has 1 rings (SSSR count). The summed E-state index contributed by atoms with van der Waals surface area (Å²) in [6.07, 6.45) is 3.63. The Balaban J connectivity index is 3.28. The maximum absolute atomic E-state index is 10.8. The first-order valence-corrected chi connectivity index (χ1v) is 9.24. The molecule has 2 unspecified atom stereocenters. The SMILES string of the molecule is CCCC(C)C(C)Cc1cc(C(C)(C)C)c(O)c(C(C)(C)C)c1. The number of hydrogen-bond acceptors (Lipinski definition) is 1. The molecule has 0 saturated heterocycles. The van der Waals surface area contributed by atoms with E-state index in [4.69, 9.17) is 0 Å². The number of aromatic hydroxyl groups is 1. The molecule has 1 nitrogen and oxygen atoms in total. The second kappa shape index (κ2) is 7.28. The van der Waals surface area contributed by atoms with Gasteiger partial charge in [-0.1, -0.05) is 87.3 Å². The van der Waals surface area contributed by atoms with E-state index in [-0.39, 0.29) is 10.8 Å². The third-order valence-electron chi connectivity index (χ3n) is 5.06. The van der Waals surface area contributed by atoms with Gasteiger partial charge in [-0.2, -0.15) is 0 Å². The monoisotopic (exact) mass is 318 g/mol. The second-order valence-corrected chi connectivity index (χ2v) is 9.49. The van der Waals surface area contributed by atoms with Crippen LogP contribution in [0.5, 0.6) is 5.75 Å². The van der Waals surface area contributed by atoms with Crippen LogP contribution >= 0.6 is 0 Å². The third-order valence-corrected chi connectivity index (χ3v) is 5.06. The topological polar surface area (TPSA) is 20.2 Å². The molecule has 0 saturated carbocycles. The van der Waals surface area contributed by atoms with Crippen LogP contribution in [0.3, 0.4) is 0 Å². The van der Waals surface area contributed by atoms with Crippen molar-refractivity contribution in [2.24, 2.45) is 11.8 Å². The third kappa shape index (κ3) is 5.26. The van der Waals surface area contributed by atoms with Crippen LogP contribution in [0.25, 0.3) is 0 Å². The lowest BCUT2D eigenvalue weighted by Gasteiger charge is -2.29. The molecule has 1 aromatic carbocycles. The molecular weight excluding hydrogens is 280 g/mol. The number of phenolic OH excluding ortho intramolecular Hbond substituents is 1. The Hall–Kier alpha value is -0.980. The molecule has 1 N–H and O–H groups in total. The summed E-state index contributed by atoms with van der Waals surface area (Å²) in [5, 5.41) is 10.8. The Morgan fingerprint density at radius 2 is 1.30 bits per heavy atom. The van der Waals surface area contributed by atoms with E-state index in [2.05, 4.69) is 74.4 Å². The molecule has 0 radical (unpaired) electrons. The van der Waals surface area contributed by atoms with Gasteiger partial charge in [0.1, 0.15) is 5.75 Å².